The van der Waals surface area contributed by atoms with Crippen molar-refractivity contribution in [2.24, 2.45) is 5.41 Å². The van der Waals surface area contributed by atoms with Crippen LogP contribution < -0.4 is 5.32 Å². The summed E-state index contributed by atoms with van der Waals surface area (Å²) in [7, 11) is 0. The van der Waals surface area contributed by atoms with Gasteiger partial charge in [-0.05, 0) is 62.1 Å². The lowest BCUT2D eigenvalue weighted by atomic mass is 9.90. The van der Waals surface area contributed by atoms with Gasteiger partial charge in [0.05, 0.1) is 18.2 Å². The maximum absolute atomic E-state index is 13.9. The minimum Gasteiger partial charge on any atom is -0.462 e. The molecule has 2 aromatic rings. The average molecular weight is 746 g/mol. The number of aliphatic hydroxyl groups is 1. The van der Waals surface area contributed by atoms with Crippen molar-refractivity contribution in [1.29, 1.82) is 0 Å². The third-order valence-electron chi connectivity index (χ3n) is 9.76. The van der Waals surface area contributed by atoms with E-state index in [4.69, 9.17) is 28.4 Å². The van der Waals surface area contributed by atoms with Crippen LogP contribution in [0.4, 0.5) is 0 Å². The second-order valence-electron chi connectivity index (χ2n) is 15.8. The van der Waals surface area contributed by atoms with Gasteiger partial charge in [0.1, 0.15) is 30.5 Å². The van der Waals surface area contributed by atoms with Gasteiger partial charge in [0.25, 0.3) is 0 Å². The summed E-state index contributed by atoms with van der Waals surface area (Å²) in [4.78, 5) is 64.7. The summed E-state index contributed by atoms with van der Waals surface area (Å²) in [5.41, 5.74) is 1.57. The van der Waals surface area contributed by atoms with Crippen molar-refractivity contribution < 1.29 is 57.5 Å². The summed E-state index contributed by atoms with van der Waals surface area (Å²) < 4.78 is 35.1. The van der Waals surface area contributed by atoms with Gasteiger partial charge < -0.3 is 38.8 Å². The van der Waals surface area contributed by atoms with E-state index in [-0.39, 0.29) is 37.0 Å². The number of cyclic esters (lactones) is 1. The fraction of sp³-hybridized carbons (Fsp3) is 0.488. The van der Waals surface area contributed by atoms with Gasteiger partial charge in [-0.1, -0.05) is 56.3 Å². The Morgan fingerprint density at radius 3 is 2.33 bits per heavy atom. The third-order valence-corrected chi connectivity index (χ3v) is 9.76. The van der Waals surface area contributed by atoms with Crippen LogP contribution in [0.15, 0.2) is 66.3 Å². The van der Waals surface area contributed by atoms with Crippen LogP contribution in [0.5, 0.6) is 0 Å². The molecule has 5 unspecified atom stereocenters. The van der Waals surface area contributed by atoms with Gasteiger partial charge >= 0.3 is 23.9 Å². The van der Waals surface area contributed by atoms with Crippen LogP contribution in [0.2, 0.25) is 0 Å². The smallest absolute Gasteiger partial charge is 0.348 e. The largest absolute Gasteiger partial charge is 0.462 e. The Morgan fingerprint density at radius 1 is 1.00 bits per heavy atom. The van der Waals surface area contributed by atoms with Crippen LogP contribution in [0.3, 0.4) is 0 Å². The summed E-state index contributed by atoms with van der Waals surface area (Å²) >= 11 is 0. The number of aliphatic hydroxyl groups excluding tert-OH is 1. The molecule has 0 aromatic heterocycles. The molecule has 2 aliphatic carbocycles. The predicted molar refractivity (Wildman–Crippen MR) is 192 cm³/mol. The molecule has 13 nitrogen and oxygen atoms in total. The van der Waals surface area contributed by atoms with E-state index >= 15 is 0 Å². The van der Waals surface area contributed by atoms with Crippen molar-refractivity contribution >= 4 is 35.9 Å². The topological polar surface area (TPSA) is 173 Å². The van der Waals surface area contributed by atoms with Crippen molar-refractivity contribution in [2.75, 3.05) is 13.2 Å². The van der Waals surface area contributed by atoms with Gasteiger partial charge in [0.2, 0.25) is 12.0 Å². The van der Waals surface area contributed by atoms with Crippen molar-refractivity contribution in [3.05, 3.63) is 88.5 Å². The molecule has 2 aromatic carbocycles. The van der Waals surface area contributed by atoms with Crippen LogP contribution in [-0.2, 0) is 60.4 Å². The number of hydrogen-bond donors (Lipinski definition) is 2. The van der Waals surface area contributed by atoms with E-state index in [1.165, 1.54) is 6.08 Å². The molecule has 0 radical (unpaired) electrons. The van der Waals surface area contributed by atoms with E-state index < -0.39 is 83.7 Å². The number of hydrogen-bond acceptors (Lipinski definition) is 12. The number of rotatable bonds is 11. The normalized spacial score (nSPS) is 24.3. The predicted octanol–water partition coefficient (Wildman–Crippen LogP) is 3.93. The first kappa shape index (κ1) is 38.9. The first-order valence-electron chi connectivity index (χ1n) is 18.2. The quantitative estimate of drug-likeness (QED) is 0.193. The number of amides is 1. The first-order valence-corrected chi connectivity index (χ1v) is 18.2. The zero-order chi connectivity index (χ0) is 38.8. The minimum absolute atomic E-state index is 0.0104. The monoisotopic (exact) mass is 745 g/mol. The van der Waals surface area contributed by atoms with Gasteiger partial charge in [0.15, 0.2) is 5.79 Å². The summed E-state index contributed by atoms with van der Waals surface area (Å²) in [6.45, 7) is 8.51. The Hall–Kier alpha value is -4.85. The fourth-order valence-corrected chi connectivity index (χ4v) is 7.11. The zero-order valence-corrected chi connectivity index (χ0v) is 31.1. The van der Waals surface area contributed by atoms with E-state index in [1.54, 1.807) is 65.0 Å². The van der Waals surface area contributed by atoms with Crippen LogP contribution in [0, 0.1) is 5.41 Å². The lowest BCUT2D eigenvalue weighted by Crippen LogP contribution is -2.45. The van der Waals surface area contributed by atoms with Gasteiger partial charge in [-0.3, -0.25) is 9.59 Å². The number of benzene rings is 2. The van der Waals surface area contributed by atoms with E-state index in [0.29, 0.717) is 18.4 Å². The molecular weight excluding hydrogens is 698 g/mol. The second-order valence-corrected chi connectivity index (χ2v) is 15.8. The molecule has 2 fully saturated rings. The van der Waals surface area contributed by atoms with E-state index in [0.717, 1.165) is 17.2 Å². The number of carbonyl (C=O) groups excluding carboxylic acids is 5. The highest BCUT2D eigenvalue weighted by Crippen LogP contribution is 2.45. The molecule has 0 saturated carbocycles. The number of esters is 4. The molecule has 2 heterocycles. The van der Waals surface area contributed by atoms with Crippen molar-refractivity contribution in [2.45, 2.75) is 109 Å². The van der Waals surface area contributed by atoms with Gasteiger partial charge in [-0.25, -0.2) is 14.4 Å². The number of ether oxygens (including phenoxy) is 6. The summed E-state index contributed by atoms with van der Waals surface area (Å²) in [5.74, 6) is -4.09. The van der Waals surface area contributed by atoms with E-state index in [1.807, 2.05) is 24.3 Å². The number of nitrogens with one attached hydrogen (secondary N) is 1. The summed E-state index contributed by atoms with van der Waals surface area (Å²) in [6.07, 6.45) is 1.78. The highest BCUT2D eigenvalue weighted by Gasteiger charge is 2.55. The highest BCUT2D eigenvalue weighted by atomic mass is 16.8. The van der Waals surface area contributed by atoms with Gasteiger partial charge in [-0.15, -0.1) is 0 Å². The average Bonchev–Trinajstić information content (AvgIpc) is 3.75. The van der Waals surface area contributed by atoms with Crippen molar-refractivity contribution in [1.82, 2.24) is 5.32 Å². The molecule has 1 amide bonds. The molecule has 2 aliphatic heterocycles. The van der Waals surface area contributed by atoms with Crippen molar-refractivity contribution in [3.63, 3.8) is 0 Å². The lowest BCUT2D eigenvalue weighted by molar-refractivity contribution is -0.172. The van der Waals surface area contributed by atoms with Crippen molar-refractivity contribution in [3.8, 4) is 0 Å². The van der Waals surface area contributed by atoms with E-state index in [9.17, 15) is 29.1 Å². The zero-order valence-electron chi connectivity index (χ0n) is 31.1. The molecule has 2 saturated heterocycles. The van der Waals surface area contributed by atoms with E-state index in [2.05, 4.69) is 5.32 Å². The molecule has 4 aliphatic rings. The van der Waals surface area contributed by atoms with Crippen LogP contribution >= 0.6 is 0 Å². The molecule has 1 spiro atoms. The highest BCUT2D eigenvalue weighted by molar-refractivity contribution is 5.97. The lowest BCUT2D eigenvalue weighted by Gasteiger charge is -2.31. The fourth-order valence-electron chi connectivity index (χ4n) is 7.11. The standard InChI is InChI=1S/C41H47NO12/c1-39(2,3)53-33(45)17-15-28(22-43)42-36(46)27-18-30(34-31(19-27)52-41(54-34)20-25-11-6-7-12-26(25)21-41)50-37(47)29-13-9-8-10-24(29)14-16-32(44)51-35-38(48)49-23-40(35,4)5/h6-14,16,19,28,30-31,34-35,43H,15,17-18,20-23H2,1-5H3,(H,42,46). The molecule has 2 N–H and O–H groups in total. The second kappa shape index (κ2) is 15.5. The number of carbonyl (C=O) groups is 5. The molecule has 288 valence electrons. The molecular formula is C41H47NO12. The summed E-state index contributed by atoms with van der Waals surface area (Å²) in [6, 6.07) is 13.7. The Kier molecular flexibility index (Phi) is 11.1. The molecule has 5 atom stereocenters. The third kappa shape index (κ3) is 8.91. The van der Waals surface area contributed by atoms with Gasteiger partial charge in [0, 0.05) is 42.7 Å². The Labute approximate surface area is 314 Å². The maximum Gasteiger partial charge on any atom is 0.348 e. The first-order chi connectivity index (χ1) is 25.5. The van der Waals surface area contributed by atoms with Crippen LogP contribution in [0.1, 0.15) is 80.9 Å². The summed E-state index contributed by atoms with van der Waals surface area (Å²) in [5, 5.41) is 12.8. The Bertz CT molecular complexity index is 1830. The van der Waals surface area contributed by atoms with Gasteiger partial charge in [-0.2, -0.15) is 0 Å². The molecule has 0 bridgehead atoms. The number of fused-ring (bicyclic) bond motifs is 2. The Balaban J connectivity index is 1.18. The van der Waals surface area contributed by atoms with Crippen LogP contribution in [-0.4, -0.2) is 90.0 Å². The van der Waals surface area contributed by atoms with Crippen LogP contribution in [0.25, 0.3) is 6.08 Å². The molecule has 54 heavy (non-hydrogen) atoms. The maximum atomic E-state index is 13.9. The SMILES string of the molecule is CC(C)(C)OC(=O)CCC(CO)NC(=O)C1=CC2OC3(Cc4ccccc4C3)OC2C(OC(=O)c2ccccc2C=CC(=O)OC2C(=O)OCC2(C)C)C1. The molecule has 6 rings (SSSR count). The Morgan fingerprint density at radius 2 is 1.69 bits per heavy atom. The molecule has 13 heteroatoms. The minimum atomic E-state index is -1.06.